The third-order valence-electron chi connectivity index (χ3n) is 9.26. The van der Waals surface area contributed by atoms with Gasteiger partial charge in [-0.25, -0.2) is 0 Å². The van der Waals surface area contributed by atoms with Crippen LogP contribution in [0, 0.1) is 20.8 Å². The van der Waals surface area contributed by atoms with E-state index in [2.05, 4.69) is 21.7 Å². The molecule has 3 fully saturated rings. The Kier molecular flexibility index (Phi) is 8.86. The molecule has 2 aromatic rings. The number of nitrogens with one attached hydrogen (secondary N) is 1. The van der Waals surface area contributed by atoms with Crippen LogP contribution in [0.25, 0.3) is 0 Å². The average Bonchev–Trinajstić information content (AvgIpc) is 2.91. The van der Waals surface area contributed by atoms with Crippen LogP contribution in [-0.4, -0.2) is 66.8 Å². The number of primary amides is 1. The van der Waals surface area contributed by atoms with Crippen molar-refractivity contribution in [1.82, 2.24) is 9.88 Å². The van der Waals surface area contributed by atoms with Gasteiger partial charge < -0.3 is 30.0 Å². The Bertz CT molecular complexity index is 1270. The van der Waals surface area contributed by atoms with E-state index in [9.17, 15) is 9.59 Å². The number of hydrogen-bond donors (Lipinski definition) is 2. The van der Waals surface area contributed by atoms with E-state index in [1.54, 1.807) is 0 Å². The minimum Gasteiger partial charge on any atom is -0.490 e. The van der Waals surface area contributed by atoms with Gasteiger partial charge in [0, 0.05) is 79.2 Å². The number of aromatic nitrogens is 1. The number of benzene rings is 1. The number of ether oxygens (including phenoxy) is 2. The summed E-state index contributed by atoms with van der Waals surface area (Å²) in [6.45, 7) is 12.6. The molecule has 0 unspecified atom stereocenters. The third-order valence-corrected chi connectivity index (χ3v) is 9.26. The Morgan fingerprint density at radius 3 is 2.42 bits per heavy atom. The SMILES string of the molecule is CCN(c1c(C)c(C(N)=O)cc(O[C@H]2C[C@H](N3CCCCC3)C2)c1Cc1c(C)cc(C)[nH]c1=O)C1CCOCC1. The van der Waals surface area contributed by atoms with E-state index < -0.39 is 5.91 Å². The van der Waals surface area contributed by atoms with E-state index in [-0.39, 0.29) is 17.7 Å². The van der Waals surface area contributed by atoms with Crippen LogP contribution in [-0.2, 0) is 11.2 Å². The van der Waals surface area contributed by atoms with Crippen molar-refractivity contribution >= 4 is 11.6 Å². The van der Waals surface area contributed by atoms with Gasteiger partial charge >= 0.3 is 0 Å². The molecule has 0 atom stereocenters. The highest BCUT2D eigenvalue weighted by Gasteiger charge is 2.37. The van der Waals surface area contributed by atoms with Crippen molar-refractivity contribution < 1.29 is 14.3 Å². The van der Waals surface area contributed by atoms with Crippen LogP contribution in [0.15, 0.2) is 16.9 Å². The van der Waals surface area contributed by atoms with Crippen LogP contribution in [0.2, 0.25) is 0 Å². The molecule has 0 radical (unpaired) electrons. The van der Waals surface area contributed by atoms with Crippen molar-refractivity contribution in [1.29, 1.82) is 0 Å². The highest BCUT2D eigenvalue weighted by molar-refractivity contribution is 5.97. The molecule has 8 nitrogen and oxygen atoms in total. The van der Waals surface area contributed by atoms with E-state index in [4.69, 9.17) is 15.2 Å². The summed E-state index contributed by atoms with van der Waals surface area (Å²) in [5.41, 5.74) is 11.7. The molecule has 0 bridgehead atoms. The fourth-order valence-electron chi connectivity index (χ4n) is 6.99. The lowest BCUT2D eigenvalue weighted by Crippen LogP contribution is -2.51. The minimum atomic E-state index is -0.456. The Labute approximate surface area is 238 Å². The first-order valence-corrected chi connectivity index (χ1v) is 15.2. The predicted octanol–water partition coefficient (Wildman–Crippen LogP) is 4.39. The maximum atomic E-state index is 13.2. The number of aryl methyl sites for hydroxylation is 2. The smallest absolute Gasteiger partial charge is 0.251 e. The standard InChI is InChI=1S/C32H46N4O4/c1-5-36(23-9-13-39-14-10-23)30-22(4)27(31(33)37)19-29(28(30)18-26-20(2)15-21(3)34-32(26)38)40-25-16-24(17-25)35-11-7-6-8-12-35/h15,19,23-25H,5-14,16-18H2,1-4H3,(H2,33,37)(H,34,38)/t24-,25-. The van der Waals surface area contributed by atoms with Gasteiger partial charge in [0.2, 0.25) is 5.91 Å². The maximum absolute atomic E-state index is 13.2. The van der Waals surface area contributed by atoms with Crippen molar-refractivity contribution in [3.63, 3.8) is 0 Å². The number of hydrogen-bond acceptors (Lipinski definition) is 6. The molecular formula is C32H46N4O4. The van der Waals surface area contributed by atoms with Gasteiger partial charge in [-0.2, -0.15) is 0 Å². The van der Waals surface area contributed by atoms with E-state index >= 15 is 0 Å². The van der Waals surface area contributed by atoms with Gasteiger partial charge in [-0.3, -0.25) is 9.59 Å². The molecular weight excluding hydrogens is 504 g/mol. The van der Waals surface area contributed by atoms with Gasteiger partial charge in [-0.1, -0.05) is 6.42 Å². The largest absolute Gasteiger partial charge is 0.490 e. The van der Waals surface area contributed by atoms with Gasteiger partial charge in [-0.15, -0.1) is 0 Å². The molecule has 0 spiro atoms. The molecule has 1 aromatic carbocycles. The van der Waals surface area contributed by atoms with Crippen LogP contribution in [0.1, 0.15) is 90.2 Å². The third kappa shape index (κ3) is 5.93. The number of pyridine rings is 1. The lowest BCUT2D eigenvalue weighted by atomic mass is 9.86. The molecule has 1 saturated carbocycles. The molecule has 3 aliphatic rings. The molecule has 1 aromatic heterocycles. The van der Waals surface area contributed by atoms with E-state index in [0.717, 1.165) is 65.9 Å². The van der Waals surface area contributed by atoms with Gasteiger partial charge in [0.15, 0.2) is 0 Å². The summed E-state index contributed by atoms with van der Waals surface area (Å²) in [5.74, 6) is 0.226. The van der Waals surface area contributed by atoms with Crippen molar-refractivity contribution in [3.05, 3.63) is 56.0 Å². The maximum Gasteiger partial charge on any atom is 0.251 e. The molecule has 1 aliphatic carbocycles. The summed E-state index contributed by atoms with van der Waals surface area (Å²) >= 11 is 0. The highest BCUT2D eigenvalue weighted by atomic mass is 16.5. The molecule has 5 rings (SSSR count). The Morgan fingerprint density at radius 1 is 1.10 bits per heavy atom. The van der Waals surface area contributed by atoms with E-state index in [1.807, 2.05) is 32.9 Å². The van der Waals surface area contributed by atoms with Crippen LogP contribution in [0.3, 0.4) is 0 Å². The van der Waals surface area contributed by atoms with Crippen LogP contribution >= 0.6 is 0 Å². The first-order valence-electron chi connectivity index (χ1n) is 15.2. The number of carbonyl (C=O) groups is 1. The number of piperidine rings is 1. The summed E-state index contributed by atoms with van der Waals surface area (Å²) < 4.78 is 12.4. The quantitative estimate of drug-likeness (QED) is 0.480. The van der Waals surface area contributed by atoms with Crippen LogP contribution in [0.4, 0.5) is 5.69 Å². The summed E-state index contributed by atoms with van der Waals surface area (Å²) in [5, 5.41) is 0. The zero-order valence-electron chi connectivity index (χ0n) is 24.7. The van der Waals surface area contributed by atoms with Gasteiger partial charge in [0.05, 0.1) is 0 Å². The van der Waals surface area contributed by atoms with Gasteiger partial charge in [0.1, 0.15) is 11.9 Å². The van der Waals surface area contributed by atoms with Gasteiger partial charge in [-0.05, 0) is 89.7 Å². The summed E-state index contributed by atoms with van der Waals surface area (Å²) in [4.78, 5) is 33.9. The monoisotopic (exact) mass is 550 g/mol. The van der Waals surface area contributed by atoms with Crippen LogP contribution < -0.4 is 20.9 Å². The molecule has 8 heteroatoms. The second-order valence-corrected chi connectivity index (χ2v) is 11.9. The number of nitrogens with two attached hydrogens (primary N) is 1. The number of rotatable bonds is 9. The average molecular weight is 551 g/mol. The first-order chi connectivity index (χ1) is 19.3. The molecule has 3 N–H and O–H groups in total. The van der Waals surface area contributed by atoms with E-state index in [1.165, 1.54) is 32.4 Å². The molecule has 2 saturated heterocycles. The van der Waals surface area contributed by atoms with Gasteiger partial charge in [0.25, 0.3) is 5.56 Å². The second-order valence-electron chi connectivity index (χ2n) is 11.9. The fourth-order valence-corrected chi connectivity index (χ4v) is 6.99. The summed E-state index contributed by atoms with van der Waals surface area (Å²) in [7, 11) is 0. The number of likely N-dealkylation sites (tertiary alicyclic amines) is 1. The predicted molar refractivity (Wildman–Crippen MR) is 159 cm³/mol. The lowest BCUT2D eigenvalue weighted by Gasteiger charge is -2.44. The molecule has 1 amide bonds. The molecule has 2 aliphatic heterocycles. The second kappa shape index (κ2) is 12.4. The summed E-state index contributed by atoms with van der Waals surface area (Å²) in [6.07, 6.45) is 8.17. The molecule has 218 valence electrons. The van der Waals surface area contributed by atoms with Crippen molar-refractivity contribution in [2.45, 2.75) is 97.2 Å². The zero-order valence-corrected chi connectivity index (χ0v) is 24.7. The number of carbonyl (C=O) groups excluding carboxylic acids is 1. The summed E-state index contributed by atoms with van der Waals surface area (Å²) in [6, 6.07) is 4.69. The molecule has 3 heterocycles. The number of aromatic amines is 1. The van der Waals surface area contributed by atoms with Crippen molar-refractivity contribution in [2.75, 3.05) is 37.7 Å². The number of H-pyrrole nitrogens is 1. The minimum absolute atomic E-state index is 0.0750. The fraction of sp³-hybridized carbons (Fsp3) is 0.625. The van der Waals surface area contributed by atoms with Crippen molar-refractivity contribution in [2.24, 2.45) is 5.73 Å². The lowest BCUT2D eigenvalue weighted by molar-refractivity contribution is 0.00849. The number of anilines is 1. The molecule has 40 heavy (non-hydrogen) atoms. The Morgan fingerprint density at radius 2 is 1.80 bits per heavy atom. The topological polar surface area (TPSA) is 101 Å². The normalized spacial score (nSPS) is 22.1. The van der Waals surface area contributed by atoms with E-state index in [0.29, 0.717) is 37.0 Å². The zero-order chi connectivity index (χ0) is 28.4. The highest BCUT2D eigenvalue weighted by Crippen LogP contribution is 2.41. The Hall–Kier alpha value is -2.84. The van der Waals surface area contributed by atoms with Crippen LogP contribution in [0.5, 0.6) is 5.75 Å². The number of nitrogens with zero attached hydrogens (tertiary/aromatic N) is 2. The number of amides is 1. The van der Waals surface area contributed by atoms with Crippen molar-refractivity contribution in [3.8, 4) is 5.75 Å². The Balaban J connectivity index is 1.57. The first kappa shape index (κ1) is 28.7.